The molecule has 0 aliphatic carbocycles. The van der Waals surface area contributed by atoms with Crippen LogP contribution in [0, 0.1) is 0 Å². The molecule has 156 valence electrons. The highest BCUT2D eigenvalue weighted by molar-refractivity contribution is 6.04. The number of hydrogen-bond donors (Lipinski definition) is 1. The molecule has 0 saturated carbocycles. The third kappa shape index (κ3) is 4.95. The van der Waals surface area contributed by atoms with Crippen molar-refractivity contribution in [3.05, 3.63) is 77.6 Å². The van der Waals surface area contributed by atoms with E-state index in [0.717, 1.165) is 5.69 Å². The Labute approximate surface area is 176 Å². The van der Waals surface area contributed by atoms with Gasteiger partial charge in [-0.05, 0) is 69.2 Å². The monoisotopic (exact) mass is 405 g/mol. The van der Waals surface area contributed by atoms with Gasteiger partial charge in [-0.2, -0.15) is 5.10 Å². The first-order valence-corrected chi connectivity index (χ1v) is 9.94. The third-order valence-corrected chi connectivity index (χ3v) is 4.53. The predicted molar refractivity (Wildman–Crippen MR) is 117 cm³/mol. The number of hydrogen-bond acceptors (Lipinski definition) is 4. The van der Waals surface area contributed by atoms with Gasteiger partial charge in [-0.25, -0.2) is 4.79 Å². The van der Waals surface area contributed by atoms with Gasteiger partial charge in [0.15, 0.2) is 5.69 Å². The summed E-state index contributed by atoms with van der Waals surface area (Å²) in [5, 5.41) is 7.29. The first kappa shape index (κ1) is 21.3. The van der Waals surface area contributed by atoms with E-state index in [9.17, 15) is 9.59 Å². The third-order valence-electron chi connectivity index (χ3n) is 4.53. The zero-order valence-electron chi connectivity index (χ0n) is 18.0. The SMILES string of the molecule is CC(C)c1cc(C(=O)Oc2ccc(NC(=O)c3ccccc3)cc2)nn1C(C)(C)C. The van der Waals surface area contributed by atoms with Crippen LogP contribution in [0.3, 0.4) is 0 Å². The van der Waals surface area contributed by atoms with Crippen molar-refractivity contribution in [2.75, 3.05) is 5.32 Å². The first-order valence-electron chi connectivity index (χ1n) is 9.94. The lowest BCUT2D eigenvalue weighted by atomic mass is 10.1. The summed E-state index contributed by atoms with van der Waals surface area (Å²) in [7, 11) is 0. The number of carbonyl (C=O) groups excluding carboxylic acids is 2. The van der Waals surface area contributed by atoms with Crippen molar-refractivity contribution in [2.24, 2.45) is 0 Å². The molecule has 0 bridgehead atoms. The molecular formula is C24H27N3O3. The van der Waals surface area contributed by atoms with Crippen LogP contribution in [0.25, 0.3) is 0 Å². The van der Waals surface area contributed by atoms with Gasteiger partial charge in [-0.15, -0.1) is 0 Å². The fourth-order valence-corrected chi connectivity index (χ4v) is 3.00. The van der Waals surface area contributed by atoms with E-state index in [1.165, 1.54) is 0 Å². The van der Waals surface area contributed by atoms with E-state index in [1.807, 2.05) is 43.7 Å². The molecule has 2 aromatic carbocycles. The van der Waals surface area contributed by atoms with Crippen LogP contribution in [0.2, 0.25) is 0 Å². The molecule has 1 heterocycles. The van der Waals surface area contributed by atoms with Crippen LogP contribution >= 0.6 is 0 Å². The standard InChI is InChI=1S/C24H27N3O3/c1-16(2)21-15-20(26-27(21)24(3,4)5)23(29)30-19-13-11-18(12-14-19)25-22(28)17-9-7-6-8-10-17/h6-16H,1-5H3,(H,25,28). The molecule has 0 aliphatic rings. The van der Waals surface area contributed by atoms with Gasteiger partial charge in [0.05, 0.1) is 5.54 Å². The summed E-state index contributed by atoms with van der Waals surface area (Å²) in [4.78, 5) is 24.8. The highest BCUT2D eigenvalue weighted by atomic mass is 16.5. The lowest BCUT2D eigenvalue weighted by Gasteiger charge is -2.23. The van der Waals surface area contributed by atoms with Crippen LogP contribution in [-0.2, 0) is 5.54 Å². The molecule has 0 fully saturated rings. The average Bonchev–Trinajstić information content (AvgIpc) is 3.17. The number of ether oxygens (including phenoxy) is 1. The number of amides is 1. The quantitative estimate of drug-likeness (QED) is 0.466. The highest BCUT2D eigenvalue weighted by Crippen LogP contribution is 2.24. The van der Waals surface area contributed by atoms with E-state index in [-0.39, 0.29) is 23.1 Å². The topological polar surface area (TPSA) is 73.2 Å². The second kappa shape index (κ2) is 8.53. The second-order valence-corrected chi connectivity index (χ2v) is 8.43. The molecule has 0 aliphatic heterocycles. The number of rotatable bonds is 5. The summed E-state index contributed by atoms with van der Waals surface area (Å²) < 4.78 is 7.35. The van der Waals surface area contributed by atoms with Crippen LogP contribution in [0.5, 0.6) is 5.75 Å². The Morgan fingerprint density at radius 2 is 1.63 bits per heavy atom. The maximum absolute atomic E-state index is 12.6. The first-order chi connectivity index (χ1) is 14.1. The van der Waals surface area contributed by atoms with E-state index in [1.54, 1.807) is 42.5 Å². The summed E-state index contributed by atoms with van der Waals surface area (Å²) in [5.41, 5.74) is 2.20. The van der Waals surface area contributed by atoms with Crippen LogP contribution in [0.4, 0.5) is 5.69 Å². The number of benzene rings is 2. The molecule has 0 radical (unpaired) electrons. The molecule has 0 saturated heterocycles. The van der Waals surface area contributed by atoms with Crippen molar-refractivity contribution in [3.8, 4) is 5.75 Å². The fraction of sp³-hybridized carbons (Fsp3) is 0.292. The highest BCUT2D eigenvalue weighted by Gasteiger charge is 2.24. The molecule has 0 spiro atoms. The predicted octanol–water partition coefficient (Wildman–Crippen LogP) is 5.23. The van der Waals surface area contributed by atoms with E-state index < -0.39 is 5.97 Å². The van der Waals surface area contributed by atoms with Gasteiger partial charge in [0, 0.05) is 16.9 Å². The second-order valence-electron chi connectivity index (χ2n) is 8.43. The molecule has 6 heteroatoms. The van der Waals surface area contributed by atoms with Crippen LogP contribution in [0.15, 0.2) is 60.7 Å². The lowest BCUT2D eigenvalue weighted by molar-refractivity contribution is 0.0726. The van der Waals surface area contributed by atoms with Crippen molar-refractivity contribution in [3.63, 3.8) is 0 Å². The minimum Gasteiger partial charge on any atom is -0.422 e. The number of aromatic nitrogens is 2. The molecule has 1 aromatic heterocycles. The molecule has 6 nitrogen and oxygen atoms in total. The van der Waals surface area contributed by atoms with E-state index in [0.29, 0.717) is 17.0 Å². The number of nitrogens with zero attached hydrogens (tertiary/aromatic N) is 2. The molecular weight excluding hydrogens is 378 g/mol. The molecule has 1 N–H and O–H groups in total. The van der Waals surface area contributed by atoms with Crippen molar-refractivity contribution >= 4 is 17.6 Å². The number of esters is 1. The van der Waals surface area contributed by atoms with Gasteiger partial charge in [0.25, 0.3) is 5.91 Å². The summed E-state index contributed by atoms with van der Waals surface area (Å²) in [5.74, 6) is -0.102. The Morgan fingerprint density at radius 3 is 2.17 bits per heavy atom. The average molecular weight is 405 g/mol. The van der Waals surface area contributed by atoms with E-state index >= 15 is 0 Å². The number of nitrogens with one attached hydrogen (secondary N) is 1. The van der Waals surface area contributed by atoms with Gasteiger partial charge in [-0.3, -0.25) is 9.48 Å². The van der Waals surface area contributed by atoms with Crippen LogP contribution < -0.4 is 10.1 Å². The van der Waals surface area contributed by atoms with Gasteiger partial charge in [0.1, 0.15) is 5.75 Å². The molecule has 30 heavy (non-hydrogen) atoms. The summed E-state index contributed by atoms with van der Waals surface area (Å²) in [6, 6.07) is 17.4. The van der Waals surface area contributed by atoms with Crippen molar-refractivity contribution < 1.29 is 14.3 Å². The zero-order chi connectivity index (χ0) is 21.9. The lowest BCUT2D eigenvalue weighted by Crippen LogP contribution is -2.26. The largest absolute Gasteiger partial charge is 0.422 e. The van der Waals surface area contributed by atoms with E-state index in [4.69, 9.17) is 4.74 Å². The Kier molecular flexibility index (Phi) is 6.06. The van der Waals surface area contributed by atoms with Gasteiger partial charge >= 0.3 is 5.97 Å². The molecule has 1 amide bonds. The van der Waals surface area contributed by atoms with Crippen molar-refractivity contribution in [1.29, 1.82) is 0 Å². The van der Waals surface area contributed by atoms with E-state index in [2.05, 4.69) is 24.3 Å². The summed E-state index contributed by atoms with van der Waals surface area (Å²) >= 11 is 0. The Bertz CT molecular complexity index is 1030. The van der Waals surface area contributed by atoms with Crippen LogP contribution in [0.1, 0.15) is 67.1 Å². The Hall–Kier alpha value is -3.41. The molecule has 3 rings (SSSR count). The van der Waals surface area contributed by atoms with Crippen molar-refractivity contribution in [2.45, 2.75) is 46.1 Å². The number of anilines is 1. The minimum absolute atomic E-state index is 0.200. The molecule has 3 aromatic rings. The van der Waals surface area contributed by atoms with Crippen molar-refractivity contribution in [1.82, 2.24) is 9.78 Å². The van der Waals surface area contributed by atoms with Gasteiger partial charge in [-0.1, -0.05) is 32.0 Å². The number of carbonyl (C=O) groups is 2. The summed E-state index contributed by atoms with van der Waals surface area (Å²) in [6.45, 7) is 10.3. The fourth-order valence-electron chi connectivity index (χ4n) is 3.00. The maximum Gasteiger partial charge on any atom is 0.364 e. The molecule has 0 atom stereocenters. The zero-order valence-corrected chi connectivity index (χ0v) is 18.0. The smallest absolute Gasteiger partial charge is 0.364 e. The Morgan fingerprint density at radius 1 is 1.00 bits per heavy atom. The van der Waals surface area contributed by atoms with Gasteiger partial charge in [0.2, 0.25) is 0 Å². The van der Waals surface area contributed by atoms with Gasteiger partial charge < -0.3 is 10.1 Å². The minimum atomic E-state index is -0.513. The molecule has 0 unspecified atom stereocenters. The normalized spacial score (nSPS) is 11.4. The Balaban J connectivity index is 1.70. The summed E-state index contributed by atoms with van der Waals surface area (Å²) in [6.07, 6.45) is 0. The van der Waals surface area contributed by atoms with Crippen LogP contribution in [-0.4, -0.2) is 21.7 Å². The maximum atomic E-state index is 12.6.